The number of benzene rings is 2. The van der Waals surface area contributed by atoms with Gasteiger partial charge in [-0.25, -0.2) is 18.7 Å². The van der Waals surface area contributed by atoms with Crippen LogP contribution >= 0.6 is 0 Å². The second-order valence-corrected chi connectivity index (χ2v) is 10.8. The Morgan fingerprint density at radius 3 is 2.53 bits per heavy atom. The molecule has 0 aliphatic carbocycles. The molecule has 0 fully saturated rings. The Hall–Kier alpha value is -3.78. The number of ether oxygens (including phenoxy) is 2. The van der Waals surface area contributed by atoms with Crippen molar-refractivity contribution in [2.45, 2.75) is 66.1 Å². The van der Waals surface area contributed by atoms with Crippen molar-refractivity contribution in [2.24, 2.45) is 0 Å². The summed E-state index contributed by atoms with van der Waals surface area (Å²) in [5.41, 5.74) is 5.75. The minimum atomic E-state index is -1.35. The van der Waals surface area contributed by atoms with Gasteiger partial charge in [0.1, 0.15) is 0 Å². The number of rotatable bonds is 5. The molecule has 3 heterocycles. The normalized spacial score (nSPS) is 14.3. The van der Waals surface area contributed by atoms with E-state index in [0.29, 0.717) is 41.2 Å². The number of aromatic nitrogens is 3. The first kappa shape index (κ1) is 25.9. The van der Waals surface area contributed by atoms with E-state index in [1.165, 1.54) is 6.07 Å². The average Bonchev–Trinajstić information content (AvgIpc) is 3.19. The molecule has 1 aliphatic heterocycles. The minimum absolute atomic E-state index is 0.267. The molecule has 8 heteroatoms. The second kappa shape index (κ2) is 9.51. The molecule has 7 nitrogen and oxygen atoms in total. The van der Waals surface area contributed by atoms with Crippen molar-refractivity contribution < 1.29 is 23.8 Å². The molecule has 0 spiro atoms. The lowest BCUT2D eigenvalue weighted by molar-refractivity contribution is -0.160. The Balaban J connectivity index is 1.91. The number of nitrogens with zero attached hydrogens (tertiary/aromatic N) is 3. The van der Waals surface area contributed by atoms with Crippen LogP contribution in [0.4, 0.5) is 4.39 Å². The van der Waals surface area contributed by atoms with Crippen LogP contribution in [0.5, 0.6) is 5.75 Å². The summed E-state index contributed by atoms with van der Waals surface area (Å²) in [6, 6.07) is 11.2. The van der Waals surface area contributed by atoms with Crippen LogP contribution in [-0.2, 0) is 16.0 Å². The van der Waals surface area contributed by atoms with Crippen LogP contribution in [-0.4, -0.2) is 37.9 Å². The molecular formula is C30H32FN3O4. The molecule has 2 aromatic carbocycles. The van der Waals surface area contributed by atoms with Gasteiger partial charge in [-0.15, -0.1) is 0 Å². The van der Waals surface area contributed by atoms with Gasteiger partial charge in [-0.2, -0.15) is 5.10 Å². The summed E-state index contributed by atoms with van der Waals surface area (Å²) in [6.45, 7) is 11.5. The molecule has 0 saturated carbocycles. The standard InChI is InChI=1S/C30H32FN3O4/c1-16-20-13-10-14-37-26(20)22(31)15-21(16)25-24(27(29(35)36)38-30(4,5)6)17(2)32-28-23(18(3)33-34(25)28)19-11-8-7-9-12-19/h7-9,11-12,15,27H,10,13-14H2,1-6H3,(H,35,36). The van der Waals surface area contributed by atoms with Crippen LogP contribution in [0.3, 0.4) is 0 Å². The van der Waals surface area contributed by atoms with Gasteiger partial charge in [-0.1, -0.05) is 30.3 Å². The first-order valence-electron chi connectivity index (χ1n) is 12.8. The van der Waals surface area contributed by atoms with E-state index < -0.39 is 23.5 Å². The van der Waals surface area contributed by atoms with Crippen LogP contribution < -0.4 is 4.74 Å². The Morgan fingerprint density at radius 2 is 1.87 bits per heavy atom. The smallest absolute Gasteiger partial charge is 0.337 e. The summed E-state index contributed by atoms with van der Waals surface area (Å²) in [4.78, 5) is 17.5. The maximum atomic E-state index is 15.5. The van der Waals surface area contributed by atoms with Crippen molar-refractivity contribution in [1.29, 1.82) is 0 Å². The summed E-state index contributed by atoms with van der Waals surface area (Å²) >= 11 is 0. The zero-order valence-corrected chi connectivity index (χ0v) is 22.6. The molecule has 1 atom stereocenters. The molecule has 5 rings (SSSR count). The topological polar surface area (TPSA) is 86.0 Å². The number of halogens is 1. The lowest BCUT2D eigenvalue weighted by atomic mass is 9.90. The number of carboxylic acids is 1. The van der Waals surface area contributed by atoms with Gasteiger partial charge in [-0.05, 0) is 71.6 Å². The number of carboxylic acid groups (broad SMARTS) is 1. The Kier molecular flexibility index (Phi) is 6.47. The Labute approximate surface area is 221 Å². The largest absolute Gasteiger partial charge is 0.490 e. The maximum absolute atomic E-state index is 15.5. The number of hydrogen-bond donors (Lipinski definition) is 1. The molecule has 0 radical (unpaired) electrons. The van der Waals surface area contributed by atoms with E-state index in [1.807, 2.05) is 44.2 Å². The zero-order valence-electron chi connectivity index (χ0n) is 22.6. The third-order valence-electron chi connectivity index (χ3n) is 6.88. The van der Waals surface area contributed by atoms with Crippen LogP contribution in [0.1, 0.15) is 61.4 Å². The van der Waals surface area contributed by atoms with Crippen molar-refractivity contribution in [3.63, 3.8) is 0 Å². The van der Waals surface area contributed by atoms with E-state index in [0.717, 1.165) is 34.4 Å². The van der Waals surface area contributed by atoms with E-state index >= 15 is 4.39 Å². The van der Waals surface area contributed by atoms with Crippen LogP contribution in [0.15, 0.2) is 36.4 Å². The molecule has 1 aliphatic rings. The van der Waals surface area contributed by atoms with Crippen molar-refractivity contribution in [2.75, 3.05) is 6.61 Å². The molecular weight excluding hydrogens is 485 g/mol. The maximum Gasteiger partial charge on any atom is 0.337 e. The SMILES string of the molecule is Cc1nc2c(-c3ccccc3)c(C)nn2c(-c2cc(F)c3c(c2C)CCCO3)c1C(OC(C)(C)C)C(=O)O. The molecule has 38 heavy (non-hydrogen) atoms. The van der Waals surface area contributed by atoms with Gasteiger partial charge in [0.05, 0.1) is 23.6 Å². The molecule has 0 saturated heterocycles. The van der Waals surface area contributed by atoms with E-state index in [4.69, 9.17) is 19.6 Å². The van der Waals surface area contributed by atoms with Crippen LogP contribution in [0.2, 0.25) is 0 Å². The monoisotopic (exact) mass is 517 g/mol. The number of carbonyl (C=O) groups is 1. The summed E-state index contributed by atoms with van der Waals surface area (Å²) in [5, 5.41) is 15.2. The lowest BCUT2D eigenvalue weighted by Gasteiger charge is -2.28. The molecule has 4 aromatic rings. The van der Waals surface area contributed by atoms with Gasteiger partial charge in [0, 0.05) is 27.9 Å². The summed E-state index contributed by atoms with van der Waals surface area (Å²) in [5.74, 6) is -1.37. The molecule has 198 valence electrons. The van der Waals surface area contributed by atoms with Crippen LogP contribution in [0.25, 0.3) is 28.0 Å². The highest BCUT2D eigenvalue weighted by molar-refractivity contribution is 5.86. The highest BCUT2D eigenvalue weighted by Crippen LogP contribution is 2.42. The van der Waals surface area contributed by atoms with Crippen molar-refractivity contribution >= 4 is 11.6 Å². The van der Waals surface area contributed by atoms with Crippen molar-refractivity contribution in [3.05, 3.63) is 70.3 Å². The number of hydrogen-bond acceptors (Lipinski definition) is 5. The van der Waals surface area contributed by atoms with Gasteiger partial charge < -0.3 is 14.6 Å². The molecule has 1 N–H and O–H groups in total. The van der Waals surface area contributed by atoms with E-state index in [9.17, 15) is 9.90 Å². The van der Waals surface area contributed by atoms with E-state index in [2.05, 4.69) is 0 Å². The van der Waals surface area contributed by atoms with E-state index in [1.54, 1.807) is 32.2 Å². The van der Waals surface area contributed by atoms with Gasteiger partial charge in [0.2, 0.25) is 0 Å². The predicted octanol–water partition coefficient (Wildman–Crippen LogP) is 6.39. The van der Waals surface area contributed by atoms with Gasteiger partial charge in [-0.3, -0.25) is 0 Å². The highest BCUT2D eigenvalue weighted by atomic mass is 19.1. The van der Waals surface area contributed by atoms with Crippen molar-refractivity contribution in [3.8, 4) is 28.1 Å². The third kappa shape index (κ3) is 4.43. The quantitative estimate of drug-likeness (QED) is 0.330. The van der Waals surface area contributed by atoms with Gasteiger partial charge in [0.25, 0.3) is 0 Å². The Morgan fingerprint density at radius 1 is 1.16 bits per heavy atom. The first-order valence-corrected chi connectivity index (χ1v) is 12.8. The van der Waals surface area contributed by atoms with Gasteiger partial charge >= 0.3 is 5.97 Å². The highest BCUT2D eigenvalue weighted by Gasteiger charge is 2.35. The Bertz CT molecular complexity index is 1550. The summed E-state index contributed by atoms with van der Waals surface area (Å²) in [7, 11) is 0. The average molecular weight is 518 g/mol. The second-order valence-electron chi connectivity index (χ2n) is 10.8. The zero-order chi connectivity index (χ0) is 27.4. The van der Waals surface area contributed by atoms with Crippen molar-refractivity contribution in [1.82, 2.24) is 14.6 Å². The van der Waals surface area contributed by atoms with Gasteiger partial charge in [0.15, 0.2) is 23.3 Å². The fourth-order valence-electron chi connectivity index (χ4n) is 5.28. The number of aliphatic carboxylic acids is 1. The summed E-state index contributed by atoms with van der Waals surface area (Å²) in [6.07, 6.45) is 0.0995. The predicted molar refractivity (Wildman–Crippen MR) is 143 cm³/mol. The molecule has 0 amide bonds. The molecule has 2 aromatic heterocycles. The van der Waals surface area contributed by atoms with Crippen LogP contribution in [0, 0.1) is 26.6 Å². The fourth-order valence-corrected chi connectivity index (χ4v) is 5.28. The number of fused-ring (bicyclic) bond motifs is 2. The molecule has 0 bridgehead atoms. The lowest BCUT2D eigenvalue weighted by Crippen LogP contribution is -2.29. The minimum Gasteiger partial charge on any atom is -0.490 e. The third-order valence-corrected chi connectivity index (χ3v) is 6.88. The fraction of sp³-hybridized carbons (Fsp3) is 0.367. The summed E-state index contributed by atoms with van der Waals surface area (Å²) < 4.78 is 28.9. The first-order chi connectivity index (χ1) is 18.0. The number of aryl methyl sites for hydroxylation is 2. The molecule has 1 unspecified atom stereocenters. The van der Waals surface area contributed by atoms with E-state index in [-0.39, 0.29) is 5.75 Å².